The van der Waals surface area contributed by atoms with Crippen molar-refractivity contribution in [3.63, 3.8) is 0 Å². The van der Waals surface area contributed by atoms with Crippen LogP contribution in [0.4, 0.5) is 6.01 Å². The van der Waals surface area contributed by atoms with Gasteiger partial charge in [-0.15, -0.1) is 5.10 Å². The van der Waals surface area contributed by atoms with E-state index in [2.05, 4.69) is 15.5 Å². The fourth-order valence-corrected chi connectivity index (χ4v) is 3.82. The number of aromatic nitrogens is 2. The van der Waals surface area contributed by atoms with Crippen LogP contribution in [0.3, 0.4) is 0 Å². The summed E-state index contributed by atoms with van der Waals surface area (Å²) in [6.45, 7) is 0.330. The van der Waals surface area contributed by atoms with E-state index in [9.17, 15) is 13.2 Å². The Hall–Kier alpha value is -1.97. The molecule has 1 saturated heterocycles. The van der Waals surface area contributed by atoms with Crippen molar-refractivity contribution in [2.24, 2.45) is 0 Å². The summed E-state index contributed by atoms with van der Waals surface area (Å²) in [4.78, 5) is 12.3. The molecule has 1 fully saturated rings. The molecule has 0 bridgehead atoms. The minimum absolute atomic E-state index is 0.0784. The summed E-state index contributed by atoms with van der Waals surface area (Å²) in [5, 5.41) is 10.7. The topological polar surface area (TPSA) is 105 Å². The summed E-state index contributed by atoms with van der Waals surface area (Å²) >= 11 is 5.82. The first-order valence-electron chi connectivity index (χ1n) is 7.22. The number of carbonyl (C=O) groups excluding carboxylic acids is 1. The number of hydrogen-bond donors (Lipinski definition) is 1. The molecule has 8 nitrogen and oxygen atoms in total. The zero-order chi connectivity index (χ0) is 17.3. The molecule has 1 aliphatic rings. The smallest absolute Gasteiger partial charge is 0.322 e. The normalized spacial score (nSPS) is 18.7. The van der Waals surface area contributed by atoms with Gasteiger partial charge in [-0.05, 0) is 37.1 Å². The van der Waals surface area contributed by atoms with Gasteiger partial charge in [-0.1, -0.05) is 16.7 Å². The first-order chi connectivity index (χ1) is 11.3. The lowest BCUT2D eigenvalue weighted by molar-refractivity contribution is -0.119. The van der Waals surface area contributed by atoms with E-state index in [1.807, 2.05) is 0 Å². The predicted octanol–water partition coefficient (Wildman–Crippen LogP) is 1.75. The predicted molar refractivity (Wildman–Crippen MR) is 87.9 cm³/mol. The maximum absolute atomic E-state index is 12.3. The number of benzene rings is 1. The molecule has 1 N–H and O–H groups in total. The van der Waals surface area contributed by atoms with E-state index in [0.717, 1.165) is 6.26 Å². The van der Waals surface area contributed by atoms with Gasteiger partial charge in [0.15, 0.2) is 0 Å². The molecule has 3 rings (SSSR count). The van der Waals surface area contributed by atoms with Gasteiger partial charge in [-0.25, -0.2) is 8.42 Å². The van der Waals surface area contributed by atoms with E-state index >= 15 is 0 Å². The first kappa shape index (κ1) is 16.9. The Morgan fingerprint density at radius 2 is 2.04 bits per heavy atom. The fourth-order valence-electron chi connectivity index (χ4n) is 2.57. The summed E-state index contributed by atoms with van der Waals surface area (Å²) in [5.41, 5.74) is 0.658. The second-order valence-corrected chi connectivity index (χ2v) is 7.81. The number of nitrogens with one attached hydrogen (secondary N) is 1. The van der Waals surface area contributed by atoms with E-state index in [1.165, 1.54) is 4.31 Å². The van der Waals surface area contributed by atoms with Crippen LogP contribution in [-0.2, 0) is 14.8 Å². The molecule has 10 heteroatoms. The van der Waals surface area contributed by atoms with Crippen LogP contribution in [0.1, 0.15) is 12.8 Å². The van der Waals surface area contributed by atoms with Crippen molar-refractivity contribution in [2.45, 2.75) is 18.9 Å². The lowest BCUT2D eigenvalue weighted by Gasteiger charge is -2.20. The molecule has 0 spiro atoms. The standard InChI is InChI=1S/C14H15ClN4O4S/c1-24(21,22)19-8-2-3-11(19)12(20)16-14-18-17-13(23-14)9-4-6-10(15)7-5-9/h4-7,11H,2-3,8H2,1H3,(H,16,18,20). The molecule has 2 aromatic rings. The number of amides is 1. The monoisotopic (exact) mass is 370 g/mol. The van der Waals surface area contributed by atoms with E-state index in [4.69, 9.17) is 16.0 Å². The van der Waals surface area contributed by atoms with Crippen LogP contribution in [-0.4, -0.2) is 47.7 Å². The largest absolute Gasteiger partial charge is 0.403 e. The van der Waals surface area contributed by atoms with Crippen LogP contribution in [0.2, 0.25) is 5.02 Å². The third-order valence-electron chi connectivity index (χ3n) is 3.68. The molecule has 2 heterocycles. The number of carbonyl (C=O) groups is 1. The Morgan fingerprint density at radius 3 is 2.71 bits per heavy atom. The Kier molecular flexibility index (Phi) is 4.57. The summed E-state index contributed by atoms with van der Waals surface area (Å²) in [6, 6.07) is 5.95. The van der Waals surface area contributed by atoms with Gasteiger partial charge >= 0.3 is 6.01 Å². The van der Waals surface area contributed by atoms with Gasteiger partial charge in [0.25, 0.3) is 0 Å². The third kappa shape index (κ3) is 3.58. The van der Waals surface area contributed by atoms with Crippen LogP contribution in [0.5, 0.6) is 0 Å². The third-order valence-corrected chi connectivity index (χ3v) is 5.22. The molecule has 0 radical (unpaired) electrons. The quantitative estimate of drug-likeness (QED) is 0.878. The highest BCUT2D eigenvalue weighted by molar-refractivity contribution is 7.88. The summed E-state index contributed by atoms with van der Waals surface area (Å²) in [7, 11) is -3.44. The summed E-state index contributed by atoms with van der Waals surface area (Å²) in [6.07, 6.45) is 2.17. The lowest BCUT2D eigenvalue weighted by Crippen LogP contribution is -2.42. The van der Waals surface area contributed by atoms with Crippen LogP contribution in [0.25, 0.3) is 11.5 Å². The lowest BCUT2D eigenvalue weighted by atomic mass is 10.2. The van der Waals surface area contributed by atoms with Crippen molar-refractivity contribution in [3.8, 4) is 11.5 Å². The molecule has 0 saturated carbocycles. The van der Waals surface area contributed by atoms with Gasteiger partial charge in [0, 0.05) is 17.1 Å². The van der Waals surface area contributed by atoms with Crippen molar-refractivity contribution in [2.75, 3.05) is 18.1 Å². The second kappa shape index (κ2) is 6.50. The van der Waals surface area contributed by atoms with Crippen LogP contribution in [0, 0.1) is 0 Å². The number of halogens is 1. The Bertz CT molecular complexity index is 850. The van der Waals surface area contributed by atoms with Gasteiger partial charge in [0.2, 0.25) is 21.8 Å². The fraction of sp³-hybridized carbons (Fsp3) is 0.357. The maximum atomic E-state index is 12.3. The first-order valence-corrected chi connectivity index (χ1v) is 9.44. The van der Waals surface area contributed by atoms with Gasteiger partial charge in [0.1, 0.15) is 6.04 Å². The zero-order valence-corrected chi connectivity index (χ0v) is 14.3. The number of sulfonamides is 1. The Balaban J connectivity index is 1.72. The molecule has 1 aromatic heterocycles. The van der Waals surface area contributed by atoms with Crippen molar-refractivity contribution < 1.29 is 17.6 Å². The highest BCUT2D eigenvalue weighted by atomic mass is 35.5. The van der Waals surface area contributed by atoms with Crippen molar-refractivity contribution in [1.82, 2.24) is 14.5 Å². The number of nitrogens with zero attached hydrogens (tertiary/aromatic N) is 3. The minimum Gasteiger partial charge on any atom is -0.403 e. The highest BCUT2D eigenvalue weighted by Gasteiger charge is 2.36. The molecule has 0 aliphatic carbocycles. The molecule has 1 aromatic carbocycles. The Labute approximate surface area is 143 Å². The molecule has 1 atom stereocenters. The van der Waals surface area contributed by atoms with Gasteiger partial charge in [-0.2, -0.15) is 4.31 Å². The maximum Gasteiger partial charge on any atom is 0.322 e. The molecule has 1 aliphatic heterocycles. The van der Waals surface area contributed by atoms with E-state index in [0.29, 0.717) is 30.0 Å². The van der Waals surface area contributed by atoms with Crippen molar-refractivity contribution in [3.05, 3.63) is 29.3 Å². The second-order valence-electron chi connectivity index (χ2n) is 5.44. The molecular formula is C14H15ClN4O4S. The van der Waals surface area contributed by atoms with Gasteiger partial charge in [-0.3, -0.25) is 10.1 Å². The number of rotatable bonds is 4. The summed E-state index contributed by atoms with van der Waals surface area (Å²) < 4.78 is 30.0. The SMILES string of the molecule is CS(=O)(=O)N1CCCC1C(=O)Nc1nnc(-c2ccc(Cl)cc2)o1. The molecule has 1 amide bonds. The highest BCUT2D eigenvalue weighted by Crippen LogP contribution is 2.24. The van der Waals surface area contributed by atoms with Crippen LogP contribution < -0.4 is 5.32 Å². The van der Waals surface area contributed by atoms with E-state index < -0.39 is 22.0 Å². The number of hydrogen-bond acceptors (Lipinski definition) is 6. The average Bonchev–Trinajstić information content (AvgIpc) is 3.16. The zero-order valence-electron chi connectivity index (χ0n) is 12.8. The molecule has 128 valence electrons. The minimum atomic E-state index is -3.44. The molecule has 1 unspecified atom stereocenters. The van der Waals surface area contributed by atoms with E-state index in [-0.39, 0.29) is 11.9 Å². The van der Waals surface area contributed by atoms with Crippen LogP contribution in [0.15, 0.2) is 28.7 Å². The van der Waals surface area contributed by atoms with E-state index in [1.54, 1.807) is 24.3 Å². The van der Waals surface area contributed by atoms with Crippen molar-refractivity contribution >= 4 is 33.5 Å². The molecular weight excluding hydrogens is 356 g/mol. The average molecular weight is 371 g/mol. The van der Waals surface area contributed by atoms with Gasteiger partial charge < -0.3 is 4.42 Å². The van der Waals surface area contributed by atoms with Crippen LogP contribution >= 0.6 is 11.6 Å². The van der Waals surface area contributed by atoms with Crippen molar-refractivity contribution in [1.29, 1.82) is 0 Å². The molecule has 24 heavy (non-hydrogen) atoms. The Morgan fingerprint density at radius 1 is 1.33 bits per heavy atom. The summed E-state index contributed by atoms with van der Waals surface area (Å²) in [5.74, 6) is -0.252. The number of anilines is 1. The van der Waals surface area contributed by atoms with Gasteiger partial charge in [0.05, 0.1) is 6.26 Å².